The van der Waals surface area contributed by atoms with Gasteiger partial charge < -0.3 is 0 Å². The van der Waals surface area contributed by atoms with Crippen LogP contribution in [0.2, 0.25) is 0 Å². The molecule has 0 aromatic rings. The minimum Gasteiger partial charge on any atom is -0.261 e. The predicted molar refractivity (Wildman–Crippen MR) is 41.8 cm³/mol. The number of hydrogen-bond acceptors (Lipinski definition) is 2. The van der Waals surface area contributed by atoms with E-state index in [1.165, 1.54) is 0 Å². The van der Waals surface area contributed by atoms with Crippen molar-refractivity contribution in [1.29, 1.82) is 0 Å². The SMILES string of the molecule is ClC1=C2C=CCN2N=CC1. The molecule has 0 aliphatic carbocycles. The van der Waals surface area contributed by atoms with Gasteiger partial charge in [-0.05, 0) is 6.08 Å². The molecule has 0 bridgehead atoms. The quantitative estimate of drug-likeness (QED) is 0.519. The maximum atomic E-state index is 5.91. The minimum atomic E-state index is 0.776. The number of rotatable bonds is 0. The second kappa shape index (κ2) is 2.13. The molecule has 0 radical (unpaired) electrons. The number of halogens is 1. The number of hydrazone groups is 1. The van der Waals surface area contributed by atoms with Crippen molar-refractivity contribution in [2.75, 3.05) is 6.54 Å². The van der Waals surface area contributed by atoms with Crippen LogP contribution in [0.15, 0.2) is 28.0 Å². The summed E-state index contributed by atoms with van der Waals surface area (Å²) in [6, 6.07) is 0. The Morgan fingerprint density at radius 3 is 3.30 bits per heavy atom. The van der Waals surface area contributed by atoms with Gasteiger partial charge in [0.1, 0.15) is 0 Å². The third-order valence-electron chi connectivity index (χ3n) is 1.60. The Labute approximate surface area is 64.5 Å². The standard InChI is InChI=1S/C7H7ClN2/c8-6-3-4-9-10-5-1-2-7(6)10/h1-2,4H,3,5H2. The van der Waals surface area contributed by atoms with Crippen LogP contribution in [0.5, 0.6) is 0 Å². The Kier molecular flexibility index (Phi) is 1.27. The fourth-order valence-corrected chi connectivity index (χ4v) is 1.34. The first kappa shape index (κ1) is 5.98. The van der Waals surface area contributed by atoms with Crippen molar-refractivity contribution >= 4 is 17.8 Å². The molecule has 0 aromatic carbocycles. The fourth-order valence-electron chi connectivity index (χ4n) is 1.11. The van der Waals surface area contributed by atoms with Crippen LogP contribution in [0.3, 0.4) is 0 Å². The van der Waals surface area contributed by atoms with Gasteiger partial charge in [-0.2, -0.15) is 5.10 Å². The molecule has 2 aliphatic heterocycles. The van der Waals surface area contributed by atoms with Crippen molar-refractivity contribution in [1.82, 2.24) is 5.01 Å². The van der Waals surface area contributed by atoms with Crippen molar-refractivity contribution in [2.24, 2.45) is 5.10 Å². The van der Waals surface area contributed by atoms with E-state index in [0.717, 1.165) is 23.7 Å². The highest BCUT2D eigenvalue weighted by molar-refractivity contribution is 6.31. The third kappa shape index (κ3) is 0.762. The largest absolute Gasteiger partial charge is 0.261 e. The lowest BCUT2D eigenvalue weighted by atomic mass is 10.3. The molecule has 0 saturated heterocycles. The Balaban J connectivity index is 2.38. The summed E-state index contributed by atoms with van der Waals surface area (Å²) in [5, 5.41) is 6.93. The van der Waals surface area contributed by atoms with E-state index in [0.29, 0.717) is 0 Å². The van der Waals surface area contributed by atoms with Crippen molar-refractivity contribution in [3.63, 3.8) is 0 Å². The van der Waals surface area contributed by atoms with Crippen LogP contribution in [-0.4, -0.2) is 17.8 Å². The molecule has 0 N–H and O–H groups in total. The number of nitrogens with zero attached hydrogens (tertiary/aromatic N) is 2. The van der Waals surface area contributed by atoms with E-state index in [9.17, 15) is 0 Å². The summed E-state index contributed by atoms with van der Waals surface area (Å²) in [6.45, 7) is 0.863. The highest BCUT2D eigenvalue weighted by Gasteiger charge is 2.16. The Hall–Kier alpha value is -0.760. The van der Waals surface area contributed by atoms with Crippen molar-refractivity contribution in [3.8, 4) is 0 Å². The second-order valence-corrected chi connectivity index (χ2v) is 2.73. The summed E-state index contributed by atoms with van der Waals surface area (Å²) >= 11 is 5.91. The molecule has 0 spiro atoms. The van der Waals surface area contributed by atoms with E-state index in [-0.39, 0.29) is 0 Å². The summed E-state index contributed by atoms with van der Waals surface area (Å²) in [4.78, 5) is 0. The van der Waals surface area contributed by atoms with Crippen LogP contribution >= 0.6 is 11.6 Å². The van der Waals surface area contributed by atoms with E-state index in [1.807, 2.05) is 17.3 Å². The molecular weight excluding hydrogens is 148 g/mol. The first-order valence-corrected chi connectivity index (χ1v) is 3.61. The average Bonchev–Trinajstić information content (AvgIpc) is 2.36. The monoisotopic (exact) mass is 154 g/mol. The maximum Gasteiger partial charge on any atom is 0.0743 e. The number of fused-ring (bicyclic) bond motifs is 1. The lowest BCUT2D eigenvalue weighted by Gasteiger charge is -2.17. The topological polar surface area (TPSA) is 15.6 Å². The zero-order chi connectivity index (χ0) is 6.97. The Morgan fingerprint density at radius 2 is 2.50 bits per heavy atom. The molecule has 2 rings (SSSR count). The summed E-state index contributed by atoms with van der Waals surface area (Å²) < 4.78 is 0. The fraction of sp³-hybridized carbons (Fsp3) is 0.286. The van der Waals surface area contributed by atoms with Crippen LogP contribution in [0.4, 0.5) is 0 Å². The zero-order valence-electron chi connectivity index (χ0n) is 5.42. The molecule has 2 heterocycles. The molecule has 52 valence electrons. The van der Waals surface area contributed by atoms with Gasteiger partial charge >= 0.3 is 0 Å². The first-order valence-electron chi connectivity index (χ1n) is 3.23. The molecule has 0 atom stereocenters. The van der Waals surface area contributed by atoms with Crippen molar-refractivity contribution in [2.45, 2.75) is 6.42 Å². The lowest BCUT2D eigenvalue weighted by Crippen LogP contribution is -2.15. The lowest BCUT2D eigenvalue weighted by molar-refractivity contribution is 0.428. The van der Waals surface area contributed by atoms with Gasteiger partial charge in [0.2, 0.25) is 0 Å². The van der Waals surface area contributed by atoms with Gasteiger partial charge in [0.25, 0.3) is 0 Å². The van der Waals surface area contributed by atoms with E-state index < -0.39 is 0 Å². The van der Waals surface area contributed by atoms with Crippen LogP contribution in [0.1, 0.15) is 6.42 Å². The summed E-state index contributed by atoms with van der Waals surface area (Å²) in [5.41, 5.74) is 1.06. The minimum absolute atomic E-state index is 0.776. The van der Waals surface area contributed by atoms with Gasteiger partial charge in [-0.3, -0.25) is 5.01 Å². The van der Waals surface area contributed by atoms with Gasteiger partial charge in [0.05, 0.1) is 12.2 Å². The van der Waals surface area contributed by atoms with E-state index in [1.54, 1.807) is 0 Å². The van der Waals surface area contributed by atoms with E-state index >= 15 is 0 Å². The van der Waals surface area contributed by atoms with E-state index in [2.05, 4.69) is 11.2 Å². The normalized spacial score (nSPS) is 22.3. The van der Waals surface area contributed by atoms with Crippen molar-refractivity contribution < 1.29 is 0 Å². The van der Waals surface area contributed by atoms with Crippen LogP contribution in [0, 0.1) is 0 Å². The van der Waals surface area contributed by atoms with Gasteiger partial charge in [0, 0.05) is 17.7 Å². The molecule has 10 heavy (non-hydrogen) atoms. The number of hydrogen-bond donors (Lipinski definition) is 0. The molecule has 0 saturated carbocycles. The van der Waals surface area contributed by atoms with Gasteiger partial charge in [-0.1, -0.05) is 17.7 Å². The molecule has 0 aromatic heterocycles. The molecule has 0 unspecified atom stereocenters. The van der Waals surface area contributed by atoms with Crippen LogP contribution in [0.25, 0.3) is 0 Å². The first-order chi connectivity index (χ1) is 4.88. The third-order valence-corrected chi connectivity index (χ3v) is 1.95. The second-order valence-electron chi connectivity index (χ2n) is 2.28. The highest BCUT2D eigenvalue weighted by Crippen LogP contribution is 2.25. The number of allylic oxidation sites excluding steroid dienone is 2. The molecule has 0 amide bonds. The van der Waals surface area contributed by atoms with Crippen LogP contribution < -0.4 is 0 Å². The average molecular weight is 155 g/mol. The van der Waals surface area contributed by atoms with E-state index in [4.69, 9.17) is 11.6 Å². The van der Waals surface area contributed by atoms with Gasteiger partial charge in [0.15, 0.2) is 0 Å². The molecular formula is C7H7ClN2. The molecule has 0 fully saturated rings. The van der Waals surface area contributed by atoms with Gasteiger partial charge in [-0.15, -0.1) is 0 Å². The summed E-state index contributed by atoms with van der Waals surface area (Å²) in [7, 11) is 0. The van der Waals surface area contributed by atoms with Gasteiger partial charge in [-0.25, -0.2) is 0 Å². The molecule has 2 nitrogen and oxygen atoms in total. The molecule has 2 aliphatic rings. The summed E-state index contributed by atoms with van der Waals surface area (Å²) in [5.74, 6) is 0. The van der Waals surface area contributed by atoms with Crippen LogP contribution in [-0.2, 0) is 0 Å². The smallest absolute Gasteiger partial charge is 0.0743 e. The van der Waals surface area contributed by atoms with Crippen molar-refractivity contribution in [3.05, 3.63) is 22.9 Å². The molecule has 3 heteroatoms. The predicted octanol–water partition coefficient (Wildman–Crippen LogP) is 1.70. The zero-order valence-corrected chi connectivity index (χ0v) is 6.17. The highest BCUT2D eigenvalue weighted by atomic mass is 35.5. The Morgan fingerprint density at radius 1 is 1.60 bits per heavy atom. The maximum absolute atomic E-state index is 5.91. The summed E-state index contributed by atoms with van der Waals surface area (Å²) in [6.07, 6.45) is 6.68. The Bertz CT molecular complexity index is 240.